The molecule has 3 heterocycles. The minimum atomic E-state index is -1.53. The number of fused-ring (bicyclic) bond motifs is 2. The minimum absolute atomic E-state index is 0.140. The van der Waals surface area contributed by atoms with Crippen molar-refractivity contribution in [1.82, 2.24) is 14.9 Å². The molecule has 4 rings (SSSR count). The number of esters is 1. The van der Waals surface area contributed by atoms with Gasteiger partial charge in [-0.25, -0.2) is 16.0 Å². The van der Waals surface area contributed by atoms with Crippen LogP contribution in [0.5, 0.6) is 0 Å². The molecule has 0 aliphatic carbocycles. The maximum Gasteiger partial charge on any atom is 0.339 e. The van der Waals surface area contributed by atoms with Crippen molar-refractivity contribution in [3.8, 4) is 11.8 Å². The summed E-state index contributed by atoms with van der Waals surface area (Å²) in [6, 6.07) is 8.88. The number of nitrogens with one attached hydrogen (secondary N) is 1. The second-order valence-corrected chi connectivity index (χ2v) is 12.3. The summed E-state index contributed by atoms with van der Waals surface area (Å²) in [5.41, 5.74) is -0.166. The van der Waals surface area contributed by atoms with Crippen LogP contribution < -0.4 is 5.32 Å². The maximum absolute atomic E-state index is 12.7. The Morgan fingerprint density at radius 2 is 2.02 bits per heavy atom. The highest BCUT2D eigenvalue weighted by molar-refractivity contribution is 7.44. The Kier molecular flexibility index (Phi) is 11.0. The van der Waals surface area contributed by atoms with Crippen LogP contribution in [0.3, 0.4) is 0 Å². The summed E-state index contributed by atoms with van der Waals surface area (Å²) in [6.07, 6.45) is 0.569. The first-order chi connectivity index (χ1) is 20.6. The van der Waals surface area contributed by atoms with Gasteiger partial charge in [-0.2, -0.15) is 0 Å². The number of benzene rings is 1. The predicted octanol–water partition coefficient (Wildman–Crippen LogP) is 4.20. The molecular formula is C31H39N4O7P. The summed E-state index contributed by atoms with van der Waals surface area (Å²) in [5.74, 6) is 4.93. The molecular weight excluding hydrogens is 571 g/mol. The largest absolute Gasteiger partial charge is 0.449 e. The van der Waals surface area contributed by atoms with Crippen LogP contribution in [0.1, 0.15) is 51.4 Å². The van der Waals surface area contributed by atoms with Crippen molar-refractivity contribution in [2.24, 2.45) is 0 Å². The molecule has 3 aliphatic heterocycles. The zero-order valence-electron chi connectivity index (χ0n) is 25.2. The van der Waals surface area contributed by atoms with Gasteiger partial charge >= 0.3 is 5.97 Å². The Balaban J connectivity index is 1.52. The number of carbonyl (C=O) groups is 2. The summed E-state index contributed by atoms with van der Waals surface area (Å²) in [7, 11) is -1.53. The molecule has 2 bridgehead atoms. The summed E-state index contributed by atoms with van der Waals surface area (Å²) < 4.78 is 33.2. The van der Waals surface area contributed by atoms with E-state index in [1.54, 1.807) is 35.4 Å². The number of nitrogens with zero attached hydrogens (tertiary/aromatic N) is 3. The first kappa shape index (κ1) is 32.6. The van der Waals surface area contributed by atoms with Crippen LogP contribution in [0, 0.1) is 18.4 Å². The van der Waals surface area contributed by atoms with Crippen LogP contribution >= 0.6 is 8.53 Å². The lowest BCUT2D eigenvalue weighted by molar-refractivity contribution is -0.182. The Bertz CT molecular complexity index is 1310. The van der Waals surface area contributed by atoms with E-state index in [9.17, 15) is 9.59 Å². The van der Waals surface area contributed by atoms with Crippen molar-refractivity contribution in [2.45, 2.75) is 77.2 Å². The fraction of sp³-hybridized carbons (Fsp3) is 0.516. The average Bonchev–Trinajstić information content (AvgIpc) is 3.48. The van der Waals surface area contributed by atoms with Crippen molar-refractivity contribution in [3.63, 3.8) is 0 Å². The van der Waals surface area contributed by atoms with Crippen molar-refractivity contribution in [1.29, 1.82) is 0 Å². The van der Waals surface area contributed by atoms with Gasteiger partial charge in [0.25, 0.3) is 14.4 Å². The molecule has 43 heavy (non-hydrogen) atoms. The van der Waals surface area contributed by atoms with Crippen LogP contribution in [-0.2, 0) is 28.1 Å². The van der Waals surface area contributed by atoms with Gasteiger partial charge in [-0.05, 0) is 46.2 Å². The lowest BCUT2D eigenvalue weighted by Crippen LogP contribution is -2.49. The lowest BCUT2D eigenvalue weighted by Gasteiger charge is -2.38. The van der Waals surface area contributed by atoms with Crippen molar-refractivity contribution in [2.75, 3.05) is 26.4 Å². The van der Waals surface area contributed by atoms with Gasteiger partial charge in [0, 0.05) is 18.3 Å². The summed E-state index contributed by atoms with van der Waals surface area (Å²) in [6.45, 7) is 22.2. The van der Waals surface area contributed by atoms with Gasteiger partial charge in [0.1, 0.15) is 35.8 Å². The van der Waals surface area contributed by atoms with Gasteiger partial charge in [-0.15, -0.1) is 0 Å². The number of carbonyl (C=O) groups excluding carboxylic acids is 2. The highest BCUT2D eigenvalue weighted by atomic mass is 31.2. The molecule has 1 N–H and O–H groups in total. The molecule has 2 saturated heterocycles. The molecule has 2 unspecified atom stereocenters. The molecule has 230 valence electrons. The molecule has 1 aromatic rings. The standard InChI is InChI=1S/C31H39N4O7P/c1-8-31-20-39-26(27(31)42-43(40-18-16-32-7)35(21(2)3)22(4)5)29(41-31)34-19-25(28(36)33-23(34)6)15-12-17-38-30(37)24-13-10-9-11-14-24/h9-11,13-14,19,21-22,26-27,29H,6,8,16-18,20H2,1-5H3,(H,33,36)/t26-,27?,29+,31-,43?/m0/s1. The average molecular weight is 611 g/mol. The number of hydrogen-bond acceptors (Lipinski definition) is 9. The minimum Gasteiger partial charge on any atom is -0.449 e. The number of amides is 1. The molecule has 0 aromatic heterocycles. The summed E-state index contributed by atoms with van der Waals surface area (Å²) >= 11 is 0. The third-order valence-corrected chi connectivity index (χ3v) is 9.40. The van der Waals surface area contributed by atoms with Gasteiger partial charge in [-0.3, -0.25) is 4.79 Å². The van der Waals surface area contributed by atoms with Crippen LogP contribution in [0.4, 0.5) is 0 Å². The Hall–Kier alpha value is -3.28. The zero-order valence-corrected chi connectivity index (χ0v) is 26.1. The van der Waals surface area contributed by atoms with E-state index in [1.807, 2.05) is 13.0 Å². The highest BCUT2D eigenvalue weighted by Gasteiger charge is 2.64. The molecule has 5 atom stereocenters. The molecule has 11 nitrogen and oxygen atoms in total. The van der Waals surface area contributed by atoms with Crippen molar-refractivity contribution < 1.29 is 32.8 Å². The van der Waals surface area contributed by atoms with E-state index in [2.05, 4.69) is 60.9 Å². The molecule has 0 spiro atoms. The van der Waals surface area contributed by atoms with Crippen LogP contribution in [0.25, 0.3) is 4.85 Å². The maximum atomic E-state index is 12.7. The molecule has 2 fully saturated rings. The van der Waals surface area contributed by atoms with E-state index in [0.717, 1.165) is 0 Å². The smallest absolute Gasteiger partial charge is 0.339 e. The normalized spacial score (nSPS) is 25.3. The molecule has 0 saturated carbocycles. The van der Waals surface area contributed by atoms with Crippen molar-refractivity contribution in [3.05, 3.63) is 71.5 Å². The first-order valence-corrected chi connectivity index (χ1v) is 15.5. The first-order valence-electron chi connectivity index (χ1n) is 14.3. The highest BCUT2D eigenvalue weighted by Crippen LogP contribution is 2.54. The van der Waals surface area contributed by atoms with E-state index in [4.69, 9.17) is 29.8 Å². The second-order valence-electron chi connectivity index (χ2n) is 10.8. The monoisotopic (exact) mass is 610 g/mol. The fourth-order valence-corrected chi connectivity index (χ4v) is 7.04. The third-order valence-electron chi connectivity index (χ3n) is 7.29. The summed E-state index contributed by atoms with van der Waals surface area (Å²) in [5, 5.41) is 2.74. The van der Waals surface area contributed by atoms with Gasteiger partial charge < -0.3 is 38.3 Å². The predicted molar refractivity (Wildman–Crippen MR) is 161 cm³/mol. The van der Waals surface area contributed by atoms with Crippen LogP contribution in [0.2, 0.25) is 0 Å². The molecule has 1 amide bonds. The molecule has 0 radical (unpaired) electrons. The Morgan fingerprint density at radius 1 is 1.30 bits per heavy atom. The number of rotatable bonds is 12. The zero-order chi connectivity index (χ0) is 31.1. The fourth-order valence-electron chi connectivity index (χ4n) is 5.24. The lowest BCUT2D eigenvalue weighted by atomic mass is 9.96. The van der Waals surface area contributed by atoms with E-state index in [-0.39, 0.29) is 37.4 Å². The van der Waals surface area contributed by atoms with E-state index < -0.39 is 44.4 Å². The van der Waals surface area contributed by atoms with E-state index >= 15 is 0 Å². The third kappa shape index (κ3) is 7.27. The number of ether oxygens (including phenoxy) is 3. The second kappa shape index (κ2) is 14.5. The Morgan fingerprint density at radius 3 is 2.67 bits per heavy atom. The van der Waals surface area contributed by atoms with Gasteiger partial charge in [0.15, 0.2) is 12.8 Å². The molecule has 3 aliphatic rings. The Labute approximate surface area is 254 Å². The molecule has 12 heteroatoms. The quantitative estimate of drug-likeness (QED) is 0.123. The van der Waals surface area contributed by atoms with Crippen molar-refractivity contribution >= 4 is 20.4 Å². The topological polar surface area (TPSA) is 103 Å². The van der Waals surface area contributed by atoms with Gasteiger partial charge in [0.2, 0.25) is 6.54 Å². The van der Waals surface area contributed by atoms with Crippen LogP contribution in [-0.4, -0.2) is 83.9 Å². The SMILES string of the molecule is [C-]#[N+]CCOP(OC1[C@@H]2OC[C@]1(CC)O[C@H]2N1C=C(C#CCOC(=O)c2ccccc2)C(=O)NC1=C)N(C(C)C)C(C)C. The van der Waals surface area contributed by atoms with E-state index in [0.29, 0.717) is 24.4 Å². The summed E-state index contributed by atoms with van der Waals surface area (Å²) in [4.78, 5) is 30.0. The van der Waals surface area contributed by atoms with Gasteiger partial charge in [-0.1, -0.05) is 43.5 Å². The van der Waals surface area contributed by atoms with E-state index in [1.165, 1.54) is 0 Å². The molecule has 1 aromatic carbocycles. The number of hydrogen-bond donors (Lipinski definition) is 1. The van der Waals surface area contributed by atoms with Crippen LogP contribution in [0.15, 0.2) is 54.5 Å². The van der Waals surface area contributed by atoms with Gasteiger partial charge in [0.05, 0.1) is 12.2 Å².